The number of likely N-dealkylation sites (tertiary alicyclic amines) is 2. The van der Waals surface area contributed by atoms with E-state index in [4.69, 9.17) is 5.73 Å². The van der Waals surface area contributed by atoms with Gasteiger partial charge in [0.05, 0.1) is 0 Å². The van der Waals surface area contributed by atoms with Crippen LogP contribution >= 0.6 is 0 Å². The van der Waals surface area contributed by atoms with E-state index in [1.807, 2.05) is 0 Å². The maximum Gasteiger partial charge on any atom is 0.0235 e. The van der Waals surface area contributed by atoms with E-state index < -0.39 is 0 Å². The number of rotatable bonds is 3. The summed E-state index contributed by atoms with van der Waals surface area (Å²) in [6.45, 7) is 13.9. The van der Waals surface area contributed by atoms with Crippen molar-refractivity contribution in [2.24, 2.45) is 23.0 Å². The van der Waals surface area contributed by atoms with Crippen molar-refractivity contribution in [3.8, 4) is 0 Å². The Kier molecular flexibility index (Phi) is 4.63. The molecule has 0 aromatic rings. The fraction of sp³-hybridized carbons (Fsp3) is 1.00. The number of hydrogen-bond acceptors (Lipinski definition) is 3. The molecule has 0 bridgehead atoms. The number of nitrogens with zero attached hydrogens (tertiary/aromatic N) is 2. The van der Waals surface area contributed by atoms with Crippen molar-refractivity contribution >= 4 is 0 Å². The number of hydrogen-bond donors (Lipinski definition) is 1. The van der Waals surface area contributed by atoms with Crippen LogP contribution in [0.3, 0.4) is 0 Å². The zero-order chi connectivity index (χ0) is 15.0. The quantitative estimate of drug-likeness (QED) is 0.868. The van der Waals surface area contributed by atoms with Gasteiger partial charge in [-0.15, -0.1) is 0 Å². The van der Waals surface area contributed by atoms with Gasteiger partial charge in [-0.2, -0.15) is 0 Å². The second-order valence-corrected chi connectivity index (χ2v) is 8.49. The zero-order valence-electron chi connectivity index (χ0n) is 14.4. The van der Waals surface area contributed by atoms with Crippen molar-refractivity contribution in [3.05, 3.63) is 0 Å². The Morgan fingerprint density at radius 2 is 1.76 bits per heavy atom. The van der Waals surface area contributed by atoms with Crippen LogP contribution in [-0.2, 0) is 0 Å². The van der Waals surface area contributed by atoms with Crippen LogP contribution in [0.1, 0.15) is 52.9 Å². The Balaban J connectivity index is 1.54. The standard InChI is InChI=1S/C18H35N3/c1-14-17(19)7-6-15(18(14,2)3)12-20-11-8-16(13-20)21-9-4-5-10-21/h14-17H,4-13,19H2,1-3H3. The Morgan fingerprint density at radius 3 is 2.48 bits per heavy atom. The minimum atomic E-state index is 0.392. The molecular formula is C18H35N3. The molecule has 1 aliphatic carbocycles. The van der Waals surface area contributed by atoms with Gasteiger partial charge in [-0.1, -0.05) is 20.8 Å². The summed E-state index contributed by atoms with van der Waals surface area (Å²) in [4.78, 5) is 5.49. The molecule has 4 unspecified atom stereocenters. The smallest absolute Gasteiger partial charge is 0.0235 e. The van der Waals surface area contributed by atoms with Gasteiger partial charge in [0.15, 0.2) is 0 Å². The van der Waals surface area contributed by atoms with E-state index in [-0.39, 0.29) is 0 Å². The van der Waals surface area contributed by atoms with Crippen molar-refractivity contribution in [2.45, 2.75) is 65.0 Å². The predicted octanol–water partition coefficient (Wildman–Crippen LogP) is 2.56. The molecule has 0 aromatic carbocycles. The van der Waals surface area contributed by atoms with Crippen molar-refractivity contribution in [2.75, 3.05) is 32.7 Å². The molecule has 2 aliphatic heterocycles. The van der Waals surface area contributed by atoms with Gasteiger partial charge in [0.25, 0.3) is 0 Å². The molecule has 3 aliphatic rings. The minimum Gasteiger partial charge on any atom is -0.327 e. The van der Waals surface area contributed by atoms with E-state index in [1.54, 1.807) is 0 Å². The summed E-state index contributed by atoms with van der Waals surface area (Å²) in [5, 5.41) is 0. The normalized spacial score (nSPS) is 41.7. The Morgan fingerprint density at radius 1 is 1.05 bits per heavy atom. The molecule has 21 heavy (non-hydrogen) atoms. The molecule has 2 N–H and O–H groups in total. The van der Waals surface area contributed by atoms with Gasteiger partial charge in [-0.3, -0.25) is 4.90 Å². The number of nitrogens with two attached hydrogens (primary N) is 1. The van der Waals surface area contributed by atoms with Gasteiger partial charge in [0.1, 0.15) is 0 Å². The third kappa shape index (κ3) is 3.16. The van der Waals surface area contributed by atoms with Crippen LogP contribution in [0.4, 0.5) is 0 Å². The van der Waals surface area contributed by atoms with E-state index in [9.17, 15) is 0 Å². The molecule has 0 radical (unpaired) electrons. The minimum absolute atomic E-state index is 0.392. The van der Waals surface area contributed by atoms with E-state index in [1.165, 1.54) is 64.8 Å². The molecule has 4 atom stereocenters. The molecule has 2 heterocycles. The summed E-state index contributed by atoms with van der Waals surface area (Å²) < 4.78 is 0. The molecular weight excluding hydrogens is 258 g/mol. The Hall–Kier alpha value is -0.120. The Labute approximate surface area is 131 Å². The van der Waals surface area contributed by atoms with Crippen molar-refractivity contribution in [1.29, 1.82) is 0 Å². The molecule has 122 valence electrons. The highest BCUT2D eigenvalue weighted by molar-refractivity contribution is 4.96. The summed E-state index contributed by atoms with van der Waals surface area (Å²) >= 11 is 0. The molecule has 3 rings (SSSR count). The van der Waals surface area contributed by atoms with Gasteiger partial charge < -0.3 is 10.6 Å². The lowest BCUT2D eigenvalue weighted by Gasteiger charge is -2.48. The molecule has 1 saturated carbocycles. The van der Waals surface area contributed by atoms with Crippen LogP contribution in [0.5, 0.6) is 0 Å². The summed E-state index contributed by atoms with van der Waals surface area (Å²) in [6.07, 6.45) is 6.77. The topological polar surface area (TPSA) is 32.5 Å². The van der Waals surface area contributed by atoms with E-state index in [0.717, 1.165) is 12.0 Å². The summed E-state index contributed by atoms with van der Waals surface area (Å²) in [5.74, 6) is 1.47. The van der Waals surface area contributed by atoms with Crippen molar-refractivity contribution < 1.29 is 0 Å². The van der Waals surface area contributed by atoms with Gasteiger partial charge >= 0.3 is 0 Å². The second kappa shape index (κ2) is 6.17. The lowest BCUT2D eigenvalue weighted by molar-refractivity contribution is 0.0321. The summed E-state index contributed by atoms with van der Waals surface area (Å²) in [7, 11) is 0. The lowest BCUT2D eigenvalue weighted by atomic mass is 9.61. The van der Waals surface area contributed by atoms with Crippen molar-refractivity contribution in [1.82, 2.24) is 9.80 Å². The van der Waals surface area contributed by atoms with Gasteiger partial charge in [0, 0.05) is 25.2 Å². The predicted molar refractivity (Wildman–Crippen MR) is 89.3 cm³/mol. The first kappa shape index (κ1) is 15.8. The monoisotopic (exact) mass is 293 g/mol. The average Bonchev–Trinajstić information content (AvgIpc) is 3.10. The van der Waals surface area contributed by atoms with Crippen LogP contribution in [-0.4, -0.2) is 54.6 Å². The summed E-state index contributed by atoms with van der Waals surface area (Å²) in [5.41, 5.74) is 6.70. The average molecular weight is 293 g/mol. The molecule has 0 amide bonds. The molecule has 3 heteroatoms. The third-order valence-corrected chi connectivity index (χ3v) is 7.10. The molecule has 2 saturated heterocycles. The SMILES string of the molecule is CC1C(N)CCC(CN2CCC(N3CCCC3)C2)C1(C)C. The van der Waals surface area contributed by atoms with Gasteiger partial charge in [-0.25, -0.2) is 0 Å². The first-order valence-corrected chi connectivity index (χ1v) is 9.20. The van der Waals surface area contributed by atoms with E-state index in [2.05, 4.69) is 30.6 Å². The Bertz CT molecular complexity index is 348. The van der Waals surface area contributed by atoms with Crippen molar-refractivity contribution in [3.63, 3.8) is 0 Å². The third-order valence-electron chi connectivity index (χ3n) is 7.10. The van der Waals surface area contributed by atoms with E-state index in [0.29, 0.717) is 17.4 Å². The maximum atomic E-state index is 6.31. The highest BCUT2D eigenvalue weighted by Gasteiger charge is 2.42. The highest BCUT2D eigenvalue weighted by Crippen LogP contribution is 2.44. The largest absolute Gasteiger partial charge is 0.327 e. The second-order valence-electron chi connectivity index (χ2n) is 8.49. The lowest BCUT2D eigenvalue weighted by Crippen LogP contribution is -2.50. The van der Waals surface area contributed by atoms with E-state index >= 15 is 0 Å². The molecule has 3 fully saturated rings. The first-order chi connectivity index (χ1) is 9.98. The van der Waals surface area contributed by atoms with Crippen LogP contribution in [0.2, 0.25) is 0 Å². The van der Waals surface area contributed by atoms with Crippen LogP contribution in [0.25, 0.3) is 0 Å². The van der Waals surface area contributed by atoms with Gasteiger partial charge in [0.2, 0.25) is 0 Å². The highest BCUT2D eigenvalue weighted by atomic mass is 15.3. The fourth-order valence-corrected chi connectivity index (χ4v) is 4.96. The molecule has 3 nitrogen and oxygen atoms in total. The fourth-order valence-electron chi connectivity index (χ4n) is 4.96. The molecule has 0 spiro atoms. The summed E-state index contributed by atoms with van der Waals surface area (Å²) in [6, 6.07) is 1.26. The first-order valence-electron chi connectivity index (χ1n) is 9.20. The molecule has 0 aromatic heterocycles. The maximum absolute atomic E-state index is 6.31. The van der Waals surface area contributed by atoms with Crippen LogP contribution in [0.15, 0.2) is 0 Å². The van der Waals surface area contributed by atoms with Crippen LogP contribution < -0.4 is 5.73 Å². The van der Waals surface area contributed by atoms with Crippen LogP contribution in [0, 0.1) is 17.3 Å². The van der Waals surface area contributed by atoms with Gasteiger partial charge in [-0.05, 0) is 69.0 Å². The zero-order valence-corrected chi connectivity index (χ0v) is 14.4.